The van der Waals surface area contributed by atoms with Gasteiger partial charge in [-0.2, -0.15) is 0 Å². The van der Waals surface area contributed by atoms with Crippen LogP contribution in [0.15, 0.2) is 54.1 Å². The van der Waals surface area contributed by atoms with E-state index < -0.39 is 6.10 Å². The summed E-state index contributed by atoms with van der Waals surface area (Å²) in [5, 5.41) is 10.2. The number of aryl methyl sites for hydroxylation is 1. The van der Waals surface area contributed by atoms with Crippen LogP contribution in [0.3, 0.4) is 0 Å². The zero-order valence-corrected chi connectivity index (χ0v) is 23.9. The molecular weight excluding hydrogens is 491 g/mol. The molecule has 0 radical (unpaired) electrons. The third-order valence-electron chi connectivity index (χ3n) is 8.69. The maximum atomic E-state index is 14.3. The molecule has 2 aliphatic rings. The van der Waals surface area contributed by atoms with E-state index in [1.54, 1.807) is 6.07 Å². The molecule has 1 heterocycles. The first kappa shape index (κ1) is 29.5. The Hall–Kier alpha value is -2.50. The molecule has 4 atom stereocenters. The van der Waals surface area contributed by atoms with Gasteiger partial charge in [0.1, 0.15) is 11.9 Å². The van der Waals surface area contributed by atoms with Crippen LogP contribution in [0.1, 0.15) is 101 Å². The average molecular weight is 537 g/mol. The van der Waals surface area contributed by atoms with E-state index in [0.29, 0.717) is 18.4 Å². The molecule has 2 unspecified atom stereocenters. The minimum atomic E-state index is -0.647. The summed E-state index contributed by atoms with van der Waals surface area (Å²) in [6.45, 7) is 7.03. The zero-order valence-electron chi connectivity index (χ0n) is 23.9. The molecule has 0 amide bonds. The van der Waals surface area contributed by atoms with Crippen LogP contribution in [0.4, 0.5) is 4.39 Å². The average Bonchev–Trinajstić information content (AvgIpc) is 2.93. The Balaban J connectivity index is 1.75. The minimum Gasteiger partial charge on any atom is -0.462 e. The van der Waals surface area contributed by atoms with Crippen LogP contribution in [0, 0.1) is 12.7 Å². The van der Waals surface area contributed by atoms with Gasteiger partial charge in [0.05, 0.1) is 18.6 Å². The highest BCUT2D eigenvalue weighted by molar-refractivity contribution is 5.74. The molecule has 2 aromatic rings. The maximum absolute atomic E-state index is 14.3. The lowest BCUT2D eigenvalue weighted by Crippen LogP contribution is -2.39. The van der Waals surface area contributed by atoms with Crippen LogP contribution in [0.2, 0.25) is 0 Å². The quantitative estimate of drug-likeness (QED) is 0.222. The van der Waals surface area contributed by atoms with Gasteiger partial charge in [-0.25, -0.2) is 4.39 Å². The number of unbranched alkanes of at least 4 members (excludes halogenated alkanes) is 3. The summed E-state index contributed by atoms with van der Waals surface area (Å²) in [6, 6.07) is 16.1. The van der Waals surface area contributed by atoms with Gasteiger partial charge < -0.3 is 14.6 Å². The summed E-state index contributed by atoms with van der Waals surface area (Å²) >= 11 is 0. The summed E-state index contributed by atoms with van der Waals surface area (Å²) in [7, 11) is 0. The number of cyclic esters (lactones) is 1. The van der Waals surface area contributed by atoms with E-state index in [4.69, 9.17) is 9.47 Å². The Labute approximate surface area is 233 Å². The molecule has 212 valence electrons. The van der Waals surface area contributed by atoms with Gasteiger partial charge in [0, 0.05) is 18.4 Å². The van der Waals surface area contributed by atoms with Crippen LogP contribution < -0.4 is 0 Å². The monoisotopic (exact) mass is 536 g/mol. The highest BCUT2D eigenvalue weighted by Crippen LogP contribution is 2.51. The SMILES string of the molecule is CCCCCCOC1CC(c2ccc(F)c(C)c2)=C(CC[C@@H]2C[C@@H](O)CC(=O)O2)C(CC)(c2ccccc2)C1. The Morgan fingerprint density at radius 3 is 2.56 bits per heavy atom. The smallest absolute Gasteiger partial charge is 0.308 e. The number of aliphatic hydroxyl groups excluding tert-OH is 1. The predicted octanol–water partition coefficient (Wildman–Crippen LogP) is 7.84. The number of ether oxygens (including phenoxy) is 2. The molecule has 1 fully saturated rings. The molecule has 5 heteroatoms. The van der Waals surface area contributed by atoms with E-state index in [9.17, 15) is 14.3 Å². The number of aliphatic hydroxyl groups is 1. The fourth-order valence-corrected chi connectivity index (χ4v) is 6.59. The molecule has 1 saturated heterocycles. The number of hydrogen-bond donors (Lipinski definition) is 1. The number of esters is 1. The van der Waals surface area contributed by atoms with Crippen molar-refractivity contribution in [2.75, 3.05) is 6.61 Å². The summed E-state index contributed by atoms with van der Waals surface area (Å²) < 4.78 is 26.6. The van der Waals surface area contributed by atoms with Crippen molar-refractivity contribution in [1.29, 1.82) is 0 Å². The van der Waals surface area contributed by atoms with Gasteiger partial charge in [-0.15, -0.1) is 0 Å². The summed E-state index contributed by atoms with van der Waals surface area (Å²) in [6.07, 6.45) is 8.26. The minimum absolute atomic E-state index is 0.0604. The molecule has 1 aliphatic carbocycles. The van der Waals surface area contributed by atoms with Crippen LogP contribution >= 0.6 is 0 Å². The lowest BCUT2D eigenvalue weighted by atomic mass is 9.61. The van der Waals surface area contributed by atoms with E-state index in [1.165, 1.54) is 36.0 Å². The molecule has 39 heavy (non-hydrogen) atoms. The molecule has 0 bridgehead atoms. The summed E-state index contributed by atoms with van der Waals surface area (Å²) in [4.78, 5) is 12.1. The van der Waals surface area contributed by atoms with Gasteiger partial charge in [-0.05, 0) is 79.8 Å². The molecule has 0 saturated carbocycles. The predicted molar refractivity (Wildman–Crippen MR) is 154 cm³/mol. The largest absolute Gasteiger partial charge is 0.462 e. The number of hydrogen-bond acceptors (Lipinski definition) is 4. The second-order valence-electron chi connectivity index (χ2n) is 11.4. The Bertz CT molecular complexity index is 1130. The molecule has 0 aromatic heterocycles. The topological polar surface area (TPSA) is 55.8 Å². The first-order chi connectivity index (χ1) is 18.9. The molecule has 4 nitrogen and oxygen atoms in total. The Morgan fingerprint density at radius 2 is 1.87 bits per heavy atom. The summed E-state index contributed by atoms with van der Waals surface area (Å²) in [5.41, 5.74) is 5.23. The van der Waals surface area contributed by atoms with Crippen molar-refractivity contribution in [3.63, 3.8) is 0 Å². The van der Waals surface area contributed by atoms with Crippen molar-refractivity contribution in [1.82, 2.24) is 0 Å². The first-order valence-corrected chi connectivity index (χ1v) is 14.9. The van der Waals surface area contributed by atoms with Crippen LogP contribution in [-0.4, -0.2) is 36.0 Å². The van der Waals surface area contributed by atoms with Crippen molar-refractivity contribution in [3.8, 4) is 0 Å². The van der Waals surface area contributed by atoms with Gasteiger partial charge in [-0.1, -0.05) is 75.1 Å². The van der Waals surface area contributed by atoms with Crippen LogP contribution in [0.5, 0.6) is 0 Å². The van der Waals surface area contributed by atoms with Gasteiger partial charge >= 0.3 is 5.97 Å². The summed E-state index contributed by atoms with van der Waals surface area (Å²) in [5.74, 6) is -0.527. The molecule has 0 spiro atoms. The third kappa shape index (κ3) is 7.18. The lowest BCUT2D eigenvalue weighted by molar-refractivity contribution is -0.160. The second kappa shape index (κ2) is 13.7. The van der Waals surface area contributed by atoms with Gasteiger partial charge in [-0.3, -0.25) is 4.79 Å². The number of carbonyl (C=O) groups excluding carboxylic acids is 1. The van der Waals surface area contributed by atoms with E-state index >= 15 is 0 Å². The van der Waals surface area contributed by atoms with Gasteiger partial charge in [0.15, 0.2) is 0 Å². The second-order valence-corrected chi connectivity index (χ2v) is 11.4. The molecule has 2 aromatic carbocycles. The van der Waals surface area contributed by atoms with Crippen molar-refractivity contribution >= 4 is 11.5 Å². The zero-order chi connectivity index (χ0) is 27.8. The highest BCUT2D eigenvalue weighted by atomic mass is 19.1. The van der Waals surface area contributed by atoms with E-state index in [-0.39, 0.29) is 35.8 Å². The van der Waals surface area contributed by atoms with Crippen LogP contribution in [-0.2, 0) is 19.7 Å². The number of rotatable bonds is 12. The van der Waals surface area contributed by atoms with Gasteiger partial charge in [0.25, 0.3) is 0 Å². The Kier molecular flexibility index (Phi) is 10.4. The standard InChI is InChI=1S/C34H45FO4/c1-4-6-7-11-18-38-29-22-30(25-14-17-32(35)24(3)19-25)31(16-15-28-20-27(36)21-33(37)39-28)34(5-2,23-29)26-12-9-8-10-13-26/h8-10,12-14,17,19,27-29,36H,4-7,11,15-16,18,20-23H2,1-3H3/t27-,28-,29?,34?/m1/s1. The Morgan fingerprint density at radius 1 is 1.08 bits per heavy atom. The molecule has 4 rings (SSSR count). The fraction of sp³-hybridized carbons (Fsp3) is 0.559. The maximum Gasteiger partial charge on any atom is 0.308 e. The van der Waals surface area contributed by atoms with Crippen molar-refractivity contribution in [2.24, 2.45) is 0 Å². The van der Waals surface area contributed by atoms with Crippen molar-refractivity contribution in [3.05, 3.63) is 76.6 Å². The molecule has 1 aliphatic heterocycles. The first-order valence-electron chi connectivity index (χ1n) is 14.9. The fourth-order valence-electron chi connectivity index (χ4n) is 6.59. The normalized spacial score (nSPS) is 25.6. The van der Waals surface area contributed by atoms with E-state index in [2.05, 4.69) is 38.1 Å². The third-order valence-corrected chi connectivity index (χ3v) is 8.69. The highest BCUT2D eigenvalue weighted by Gasteiger charge is 2.43. The van der Waals surface area contributed by atoms with Crippen molar-refractivity contribution < 1.29 is 23.8 Å². The van der Waals surface area contributed by atoms with Crippen molar-refractivity contribution in [2.45, 2.75) is 115 Å². The van der Waals surface area contributed by atoms with E-state index in [1.807, 2.05) is 25.1 Å². The number of carbonyl (C=O) groups is 1. The molecule has 1 N–H and O–H groups in total. The molecular formula is C34H45FO4. The number of halogens is 1. The van der Waals surface area contributed by atoms with E-state index in [0.717, 1.165) is 44.3 Å². The van der Waals surface area contributed by atoms with Crippen LogP contribution in [0.25, 0.3) is 5.57 Å². The van der Waals surface area contributed by atoms with Gasteiger partial charge in [0.2, 0.25) is 0 Å². The number of allylic oxidation sites excluding steroid dienone is 1. The number of benzene rings is 2. The lowest BCUT2D eigenvalue weighted by Gasteiger charge is -2.45.